The first-order chi connectivity index (χ1) is 10.7. The molecule has 0 amide bonds. The molecule has 1 saturated heterocycles. The Morgan fingerprint density at radius 2 is 1.73 bits per heavy atom. The standard InChI is InChI=1S/C15H23ClNO5/c1-18-9-10-12(19-2)13(20-3)14(21-4)15(22-10)17-8-6-5-7-11(17)16/h5-8,10,12-15H,9H2,1-4H3/q+1/t10-,12-,13+,14+,15?/m1/s1. The Hall–Kier alpha value is -0.760. The lowest BCUT2D eigenvalue weighted by Crippen LogP contribution is -2.64. The van der Waals surface area contributed by atoms with Crippen LogP contribution in [0.25, 0.3) is 0 Å². The Labute approximate surface area is 135 Å². The van der Waals surface area contributed by atoms with Gasteiger partial charge in [0.05, 0.1) is 6.61 Å². The number of nitrogens with zero attached hydrogens (tertiary/aromatic N) is 1. The molecule has 0 N–H and O–H groups in total. The van der Waals surface area contributed by atoms with Crippen LogP contribution in [0.2, 0.25) is 5.15 Å². The van der Waals surface area contributed by atoms with Crippen LogP contribution < -0.4 is 4.57 Å². The number of pyridine rings is 1. The van der Waals surface area contributed by atoms with Crippen molar-refractivity contribution in [2.75, 3.05) is 35.0 Å². The summed E-state index contributed by atoms with van der Waals surface area (Å²) < 4.78 is 30.0. The summed E-state index contributed by atoms with van der Waals surface area (Å²) in [6.07, 6.45) is 0.151. The topological polar surface area (TPSA) is 50.0 Å². The van der Waals surface area contributed by atoms with E-state index in [4.69, 9.17) is 35.3 Å². The number of halogens is 1. The van der Waals surface area contributed by atoms with Crippen LogP contribution in [-0.4, -0.2) is 59.5 Å². The maximum absolute atomic E-state index is 6.29. The monoisotopic (exact) mass is 332 g/mol. The third-order valence-corrected chi connectivity index (χ3v) is 4.19. The van der Waals surface area contributed by atoms with E-state index in [1.165, 1.54) is 0 Å². The van der Waals surface area contributed by atoms with Crippen molar-refractivity contribution in [1.29, 1.82) is 0 Å². The molecule has 5 atom stereocenters. The molecule has 0 aliphatic carbocycles. The molecule has 1 aliphatic heterocycles. The van der Waals surface area contributed by atoms with Gasteiger partial charge in [-0.15, -0.1) is 0 Å². The summed E-state index contributed by atoms with van der Waals surface area (Å²) >= 11 is 6.29. The second kappa shape index (κ2) is 8.19. The van der Waals surface area contributed by atoms with E-state index in [-0.39, 0.29) is 24.4 Å². The lowest BCUT2D eigenvalue weighted by molar-refractivity contribution is -0.776. The van der Waals surface area contributed by atoms with E-state index in [9.17, 15) is 0 Å². The van der Waals surface area contributed by atoms with Crippen LogP contribution in [0.1, 0.15) is 6.23 Å². The van der Waals surface area contributed by atoms with Gasteiger partial charge in [-0.05, 0) is 17.7 Å². The number of methoxy groups -OCH3 is 4. The molecule has 1 aromatic rings. The minimum atomic E-state index is -0.435. The molecule has 1 aliphatic rings. The Balaban J connectivity index is 2.37. The molecule has 22 heavy (non-hydrogen) atoms. The highest BCUT2D eigenvalue weighted by molar-refractivity contribution is 6.28. The predicted octanol–water partition coefficient (Wildman–Crippen LogP) is 1.22. The van der Waals surface area contributed by atoms with Crippen molar-refractivity contribution in [3.63, 3.8) is 0 Å². The van der Waals surface area contributed by atoms with Crippen LogP contribution in [0.4, 0.5) is 0 Å². The van der Waals surface area contributed by atoms with E-state index < -0.39 is 6.23 Å². The molecular formula is C15H23ClNO5+. The van der Waals surface area contributed by atoms with E-state index >= 15 is 0 Å². The van der Waals surface area contributed by atoms with Gasteiger partial charge in [0.1, 0.15) is 18.3 Å². The van der Waals surface area contributed by atoms with Gasteiger partial charge in [0, 0.05) is 40.6 Å². The number of ether oxygens (including phenoxy) is 5. The van der Waals surface area contributed by atoms with Gasteiger partial charge in [-0.3, -0.25) is 0 Å². The summed E-state index contributed by atoms with van der Waals surface area (Å²) in [4.78, 5) is 0. The van der Waals surface area contributed by atoms with E-state index in [1.807, 2.05) is 22.9 Å². The zero-order valence-corrected chi connectivity index (χ0v) is 14.0. The van der Waals surface area contributed by atoms with Crippen molar-refractivity contribution in [1.82, 2.24) is 0 Å². The third kappa shape index (κ3) is 3.42. The molecule has 2 rings (SSSR count). The number of rotatable bonds is 6. The maximum atomic E-state index is 6.29. The normalized spacial score (nSPS) is 32.1. The summed E-state index contributed by atoms with van der Waals surface area (Å²) in [5.74, 6) is 0. The molecule has 0 aromatic carbocycles. The highest BCUT2D eigenvalue weighted by atomic mass is 35.5. The van der Waals surface area contributed by atoms with Gasteiger partial charge in [-0.2, -0.15) is 4.57 Å². The molecule has 124 valence electrons. The number of aromatic nitrogens is 1. The molecule has 2 heterocycles. The Morgan fingerprint density at radius 1 is 1.05 bits per heavy atom. The second-order valence-corrected chi connectivity index (χ2v) is 5.44. The van der Waals surface area contributed by atoms with Crippen molar-refractivity contribution < 1.29 is 28.3 Å². The summed E-state index contributed by atoms with van der Waals surface area (Å²) in [5.41, 5.74) is 0. The first kappa shape index (κ1) is 17.6. The molecular weight excluding hydrogens is 310 g/mol. The fourth-order valence-electron chi connectivity index (χ4n) is 2.86. The maximum Gasteiger partial charge on any atom is 0.293 e. The molecule has 7 heteroatoms. The van der Waals surface area contributed by atoms with Gasteiger partial charge in [0.2, 0.25) is 0 Å². The summed E-state index contributed by atoms with van der Waals surface area (Å²) in [6, 6.07) is 5.55. The molecule has 1 fully saturated rings. The quantitative estimate of drug-likeness (QED) is 0.579. The van der Waals surface area contributed by atoms with Crippen LogP contribution in [0.3, 0.4) is 0 Å². The van der Waals surface area contributed by atoms with E-state index in [0.29, 0.717) is 11.8 Å². The van der Waals surface area contributed by atoms with Crippen molar-refractivity contribution in [3.8, 4) is 0 Å². The minimum Gasteiger partial charge on any atom is -0.382 e. The second-order valence-electron chi connectivity index (χ2n) is 5.05. The fraction of sp³-hybridized carbons (Fsp3) is 0.667. The SMILES string of the molecule is COC[C@H]1OC([n+]2ccccc2Cl)[C@@H](OC)[C@@H](OC)[C@@H]1OC. The van der Waals surface area contributed by atoms with Gasteiger partial charge in [-0.25, -0.2) is 0 Å². The third-order valence-electron chi connectivity index (χ3n) is 3.87. The summed E-state index contributed by atoms with van der Waals surface area (Å²) in [5, 5.41) is 0.552. The van der Waals surface area contributed by atoms with Crippen molar-refractivity contribution in [2.24, 2.45) is 0 Å². The Kier molecular flexibility index (Phi) is 6.55. The number of hydrogen-bond acceptors (Lipinski definition) is 5. The predicted molar refractivity (Wildman–Crippen MR) is 79.8 cm³/mol. The zero-order chi connectivity index (χ0) is 16.1. The first-order valence-corrected chi connectivity index (χ1v) is 7.44. The van der Waals surface area contributed by atoms with E-state index in [1.54, 1.807) is 34.5 Å². The van der Waals surface area contributed by atoms with Gasteiger partial charge in [0.15, 0.2) is 12.3 Å². The molecule has 1 unspecified atom stereocenters. The molecule has 0 radical (unpaired) electrons. The minimum absolute atomic E-state index is 0.292. The van der Waals surface area contributed by atoms with Crippen molar-refractivity contribution in [2.45, 2.75) is 30.6 Å². The summed E-state index contributed by atoms with van der Waals surface area (Å²) in [7, 11) is 6.50. The highest BCUT2D eigenvalue weighted by Crippen LogP contribution is 2.31. The summed E-state index contributed by atoms with van der Waals surface area (Å²) in [6.45, 7) is 0.385. The van der Waals surface area contributed by atoms with Gasteiger partial charge < -0.3 is 23.7 Å². The van der Waals surface area contributed by atoms with Crippen molar-refractivity contribution >= 4 is 11.6 Å². The van der Waals surface area contributed by atoms with Gasteiger partial charge >= 0.3 is 0 Å². The zero-order valence-electron chi connectivity index (χ0n) is 13.3. The highest BCUT2D eigenvalue weighted by Gasteiger charge is 2.51. The average Bonchev–Trinajstić information content (AvgIpc) is 2.54. The molecule has 6 nitrogen and oxygen atoms in total. The molecule has 0 bridgehead atoms. The first-order valence-electron chi connectivity index (χ1n) is 7.06. The van der Waals surface area contributed by atoms with Crippen LogP contribution in [0.5, 0.6) is 0 Å². The van der Waals surface area contributed by atoms with E-state index in [0.717, 1.165) is 0 Å². The van der Waals surface area contributed by atoms with Crippen LogP contribution in [0.15, 0.2) is 24.4 Å². The Bertz CT molecular complexity index is 475. The van der Waals surface area contributed by atoms with E-state index in [2.05, 4.69) is 0 Å². The van der Waals surface area contributed by atoms with Crippen LogP contribution in [0, 0.1) is 0 Å². The molecule has 1 aromatic heterocycles. The molecule has 0 spiro atoms. The van der Waals surface area contributed by atoms with Crippen LogP contribution >= 0.6 is 11.6 Å². The average molecular weight is 333 g/mol. The largest absolute Gasteiger partial charge is 0.382 e. The number of hydrogen-bond donors (Lipinski definition) is 0. The van der Waals surface area contributed by atoms with Crippen molar-refractivity contribution in [3.05, 3.63) is 29.5 Å². The lowest BCUT2D eigenvalue weighted by Gasteiger charge is -2.42. The van der Waals surface area contributed by atoms with Gasteiger partial charge in [-0.1, -0.05) is 0 Å². The smallest absolute Gasteiger partial charge is 0.293 e. The van der Waals surface area contributed by atoms with Gasteiger partial charge in [0.25, 0.3) is 11.4 Å². The Morgan fingerprint density at radius 3 is 2.27 bits per heavy atom. The van der Waals surface area contributed by atoms with Crippen LogP contribution in [-0.2, 0) is 23.7 Å². The lowest BCUT2D eigenvalue weighted by atomic mass is 9.97. The fourth-order valence-corrected chi connectivity index (χ4v) is 3.09. The molecule has 0 saturated carbocycles.